The number of benzene rings is 1. The largest absolute Gasteiger partial charge is 1.00 e. The summed E-state index contributed by atoms with van der Waals surface area (Å²) in [6.07, 6.45) is -1.84. The van der Waals surface area contributed by atoms with Crippen molar-refractivity contribution < 1.29 is 73.8 Å². The van der Waals surface area contributed by atoms with Crippen LogP contribution in [-0.4, -0.2) is 19.7 Å². The summed E-state index contributed by atoms with van der Waals surface area (Å²) in [6, 6.07) is 6.72. The first kappa shape index (κ1) is 14.4. The average molecular weight is 256 g/mol. The molecule has 0 saturated heterocycles. The maximum absolute atomic E-state index is 12.1. The Balaban J connectivity index is 0.00000128. The van der Waals surface area contributed by atoms with Crippen LogP contribution in [0.5, 0.6) is 11.5 Å². The molecule has 0 spiro atoms. The molecule has 2 nitrogen and oxygen atoms in total. The Morgan fingerprint density at radius 3 is 2.44 bits per heavy atom. The summed E-state index contributed by atoms with van der Waals surface area (Å²) in [4.78, 5) is 0. The van der Waals surface area contributed by atoms with Gasteiger partial charge in [-0.15, -0.1) is 0 Å². The van der Waals surface area contributed by atoms with Gasteiger partial charge in [0.2, 0.25) is 0 Å². The van der Waals surface area contributed by atoms with E-state index in [1.165, 1.54) is 0 Å². The third kappa shape index (κ3) is 3.96. The number of fused-ring (bicyclic) bond motifs is 1. The molecular formula is C9H9BF3KO2. The van der Waals surface area contributed by atoms with Crippen LogP contribution in [0.4, 0.5) is 12.9 Å². The molecule has 1 aliphatic heterocycles. The number of hydrogen-bond acceptors (Lipinski definition) is 2. The van der Waals surface area contributed by atoms with Crippen molar-refractivity contribution in [1.29, 1.82) is 0 Å². The molecule has 2 rings (SSSR count). The molecule has 0 N–H and O–H groups in total. The Kier molecular flexibility index (Phi) is 5.18. The minimum atomic E-state index is -4.83. The van der Waals surface area contributed by atoms with E-state index in [1.807, 2.05) is 0 Å². The van der Waals surface area contributed by atoms with Crippen LogP contribution in [0, 0.1) is 0 Å². The van der Waals surface area contributed by atoms with Crippen LogP contribution in [0.25, 0.3) is 0 Å². The van der Waals surface area contributed by atoms with Gasteiger partial charge in [-0.25, -0.2) is 0 Å². The molecule has 0 radical (unpaired) electrons. The van der Waals surface area contributed by atoms with Crippen LogP contribution in [0.15, 0.2) is 24.3 Å². The van der Waals surface area contributed by atoms with Crippen molar-refractivity contribution >= 4 is 6.98 Å². The van der Waals surface area contributed by atoms with E-state index in [0.29, 0.717) is 11.5 Å². The summed E-state index contributed by atoms with van der Waals surface area (Å²) in [5.74, 6) is 0.886. The van der Waals surface area contributed by atoms with Gasteiger partial charge in [-0.3, -0.25) is 0 Å². The van der Waals surface area contributed by atoms with E-state index in [4.69, 9.17) is 9.47 Å². The standard InChI is InChI=1S/C9H9BF3O2.K/c11-10(12,13)5-7-6-14-8-3-1-2-4-9(8)15-7;/h1-4,7H,5-6H2;/q-1;+1. The minimum Gasteiger partial charge on any atom is -0.486 e. The van der Waals surface area contributed by atoms with E-state index in [9.17, 15) is 12.9 Å². The predicted molar refractivity (Wildman–Crippen MR) is 50.2 cm³/mol. The zero-order valence-electron chi connectivity index (χ0n) is 8.83. The fraction of sp³-hybridized carbons (Fsp3) is 0.333. The predicted octanol–water partition coefficient (Wildman–Crippen LogP) is -0.322. The molecule has 0 saturated carbocycles. The van der Waals surface area contributed by atoms with Gasteiger partial charge in [-0.2, -0.15) is 0 Å². The number of para-hydroxylation sites is 2. The van der Waals surface area contributed by atoms with E-state index >= 15 is 0 Å². The van der Waals surface area contributed by atoms with Crippen molar-refractivity contribution in [2.24, 2.45) is 0 Å². The first-order valence-electron chi connectivity index (χ1n) is 4.64. The average Bonchev–Trinajstić information content (AvgIpc) is 2.15. The first-order valence-corrected chi connectivity index (χ1v) is 4.64. The molecule has 0 aliphatic carbocycles. The zero-order valence-corrected chi connectivity index (χ0v) is 12.0. The number of rotatable bonds is 2. The minimum absolute atomic E-state index is 0. The van der Waals surface area contributed by atoms with Crippen molar-refractivity contribution in [2.75, 3.05) is 6.61 Å². The summed E-state index contributed by atoms with van der Waals surface area (Å²) in [5.41, 5.74) is 0. The van der Waals surface area contributed by atoms with Crippen molar-refractivity contribution in [3.05, 3.63) is 24.3 Å². The smallest absolute Gasteiger partial charge is 0.486 e. The Labute approximate surface area is 134 Å². The van der Waals surface area contributed by atoms with Gasteiger partial charge in [0.05, 0.1) is 0 Å². The third-order valence-corrected chi connectivity index (χ3v) is 2.10. The van der Waals surface area contributed by atoms with Crippen LogP contribution in [0.1, 0.15) is 0 Å². The number of ether oxygens (including phenoxy) is 2. The molecular weight excluding hydrogens is 247 g/mol. The Bertz CT molecular complexity index is 359. The first-order chi connectivity index (χ1) is 7.04. The molecule has 0 bridgehead atoms. The molecule has 1 aromatic carbocycles. The Morgan fingerprint density at radius 2 is 1.81 bits per heavy atom. The maximum atomic E-state index is 12.1. The van der Waals surface area contributed by atoms with E-state index < -0.39 is 19.4 Å². The van der Waals surface area contributed by atoms with E-state index in [1.54, 1.807) is 24.3 Å². The van der Waals surface area contributed by atoms with Crippen LogP contribution < -0.4 is 60.9 Å². The molecule has 1 aliphatic rings. The number of hydrogen-bond donors (Lipinski definition) is 0. The summed E-state index contributed by atoms with van der Waals surface area (Å²) >= 11 is 0. The van der Waals surface area contributed by atoms with Crippen LogP contribution in [0.3, 0.4) is 0 Å². The normalized spacial score (nSPS) is 18.8. The summed E-state index contributed by atoms with van der Waals surface area (Å²) in [7, 11) is 0. The van der Waals surface area contributed by atoms with Gasteiger partial charge in [0.15, 0.2) is 11.5 Å². The van der Waals surface area contributed by atoms with Gasteiger partial charge in [-0.1, -0.05) is 12.1 Å². The van der Waals surface area contributed by atoms with Gasteiger partial charge in [0, 0.05) is 0 Å². The van der Waals surface area contributed by atoms with Crippen LogP contribution in [-0.2, 0) is 0 Å². The monoisotopic (exact) mass is 256 g/mol. The maximum Gasteiger partial charge on any atom is 1.00 e. The molecule has 1 unspecified atom stereocenters. The molecule has 7 heteroatoms. The molecule has 82 valence electrons. The molecule has 1 aromatic rings. The van der Waals surface area contributed by atoms with Crippen molar-refractivity contribution in [1.82, 2.24) is 0 Å². The van der Waals surface area contributed by atoms with Gasteiger partial charge in [-0.05, 0) is 18.5 Å². The second-order valence-corrected chi connectivity index (χ2v) is 3.44. The van der Waals surface area contributed by atoms with Gasteiger partial charge in [0.1, 0.15) is 12.7 Å². The van der Waals surface area contributed by atoms with Crippen molar-refractivity contribution in [3.8, 4) is 11.5 Å². The zero-order chi connectivity index (χ0) is 10.9. The van der Waals surface area contributed by atoms with Crippen molar-refractivity contribution in [3.63, 3.8) is 0 Å². The summed E-state index contributed by atoms with van der Waals surface area (Å²) in [6.45, 7) is -4.87. The second-order valence-electron chi connectivity index (χ2n) is 3.44. The van der Waals surface area contributed by atoms with E-state index in [2.05, 4.69) is 0 Å². The summed E-state index contributed by atoms with van der Waals surface area (Å²) < 4.78 is 46.8. The Morgan fingerprint density at radius 1 is 1.19 bits per heavy atom. The van der Waals surface area contributed by atoms with Gasteiger partial charge in [0.25, 0.3) is 0 Å². The third-order valence-electron chi connectivity index (χ3n) is 2.10. The molecule has 0 amide bonds. The molecule has 1 atom stereocenters. The van der Waals surface area contributed by atoms with Gasteiger partial charge >= 0.3 is 58.4 Å². The quantitative estimate of drug-likeness (QED) is 0.675. The van der Waals surface area contributed by atoms with Gasteiger partial charge < -0.3 is 22.4 Å². The molecule has 16 heavy (non-hydrogen) atoms. The van der Waals surface area contributed by atoms with E-state index in [-0.39, 0.29) is 58.0 Å². The van der Waals surface area contributed by atoms with Crippen molar-refractivity contribution in [2.45, 2.75) is 12.4 Å². The summed E-state index contributed by atoms with van der Waals surface area (Å²) in [5, 5.41) is 0. The van der Waals surface area contributed by atoms with E-state index in [0.717, 1.165) is 0 Å². The molecule has 1 heterocycles. The number of halogens is 3. The fourth-order valence-corrected chi connectivity index (χ4v) is 1.48. The Hall–Kier alpha value is 0.311. The van der Waals surface area contributed by atoms with Crippen LogP contribution >= 0.6 is 0 Å². The molecule has 0 fully saturated rings. The topological polar surface area (TPSA) is 18.5 Å². The second kappa shape index (κ2) is 5.77. The van der Waals surface area contributed by atoms with Crippen LogP contribution in [0.2, 0.25) is 6.32 Å². The molecule has 0 aromatic heterocycles. The fourth-order valence-electron chi connectivity index (χ4n) is 1.48. The SMILES string of the molecule is F[B-](F)(F)CC1COc2ccccc2O1.[K+].